The molecule has 7 heteroatoms. The maximum absolute atomic E-state index is 12.5. The maximum Gasteiger partial charge on any atom is 0.182 e. The molecule has 3 heterocycles. The molecule has 0 saturated heterocycles. The van der Waals surface area contributed by atoms with Gasteiger partial charge in [0, 0.05) is 61.7 Å². The van der Waals surface area contributed by atoms with Crippen LogP contribution in [0.3, 0.4) is 0 Å². The quantitative estimate of drug-likeness (QED) is 0.324. The molecule has 7 nitrogen and oxygen atoms in total. The Morgan fingerprint density at radius 3 is 2.03 bits per heavy atom. The van der Waals surface area contributed by atoms with E-state index < -0.39 is 0 Å². The van der Waals surface area contributed by atoms with Crippen LogP contribution in [0.1, 0.15) is 22.5 Å². The van der Waals surface area contributed by atoms with Crippen LogP contribution in [0.15, 0.2) is 88.3 Å². The Labute approximate surface area is 209 Å². The zero-order valence-corrected chi connectivity index (χ0v) is 20.4. The zero-order chi connectivity index (χ0) is 25.1. The Bertz CT molecular complexity index is 1500. The highest BCUT2D eigenvalue weighted by atomic mass is 16.3. The molecule has 0 radical (unpaired) electrons. The van der Waals surface area contributed by atoms with E-state index in [9.17, 15) is 9.90 Å². The van der Waals surface area contributed by atoms with Crippen molar-refractivity contribution in [3.05, 3.63) is 112 Å². The molecule has 5 rings (SSSR count). The molecule has 0 bridgehead atoms. The van der Waals surface area contributed by atoms with Gasteiger partial charge < -0.3 is 9.52 Å². The third-order valence-electron chi connectivity index (χ3n) is 6.12. The van der Waals surface area contributed by atoms with Crippen LogP contribution in [0, 0.1) is 0 Å². The number of pyridine rings is 2. The van der Waals surface area contributed by atoms with Gasteiger partial charge in [-0.05, 0) is 67.7 Å². The van der Waals surface area contributed by atoms with E-state index in [0.717, 1.165) is 33.5 Å². The summed E-state index contributed by atoms with van der Waals surface area (Å²) in [6.07, 6.45) is 3.57. The summed E-state index contributed by atoms with van der Waals surface area (Å²) in [4.78, 5) is 25.6. The van der Waals surface area contributed by atoms with Crippen molar-refractivity contribution in [3.63, 3.8) is 0 Å². The molecule has 3 aromatic rings. The fourth-order valence-electron chi connectivity index (χ4n) is 4.58. The van der Waals surface area contributed by atoms with Crippen LogP contribution in [0.4, 0.5) is 0 Å². The van der Waals surface area contributed by atoms with Gasteiger partial charge in [0.2, 0.25) is 0 Å². The minimum absolute atomic E-state index is 0.109. The second kappa shape index (κ2) is 10.3. The lowest BCUT2D eigenvalue weighted by Crippen LogP contribution is -2.20. The lowest BCUT2D eigenvalue weighted by Gasteiger charge is -2.21. The lowest BCUT2D eigenvalue weighted by atomic mass is 9.98. The summed E-state index contributed by atoms with van der Waals surface area (Å²) in [7, 11) is 4.02. The first-order chi connectivity index (χ1) is 17.4. The molecule has 2 aliphatic rings. The van der Waals surface area contributed by atoms with E-state index in [-0.39, 0.29) is 11.2 Å². The molecular weight excluding hydrogens is 452 g/mol. The molecule has 1 N–H and O–H groups in total. The maximum atomic E-state index is 12.5. The predicted molar refractivity (Wildman–Crippen MR) is 140 cm³/mol. The Morgan fingerprint density at radius 2 is 1.42 bits per heavy atom. The van der Waals surface area contributed by atoms with Gasteiger partial charge in [0.25, 0.3) is 0 Å². The normalized spacial score (nSPS) is 11.7. The highest BCUT2D eigenvalue weighted by Gasteiger charge is 2.18. The standard InChI is InChI=1S/C29H28N4O3/c1-32(18-22-7-3-5-9-30-22)16-20-11-24(34)13-28-26(20)15-27-21(12-25(35)14-29(27)36-28)17-33(2)19-23-8-4-6-10-31-23/h3-15,34H,16-19H2,1-2H3. The largest absolute Gasteiger partial charge is 0.508 e. The van der Waals surface area contributed by atoms with Crippen molar-refractivity contribution < 1.29 is 9.52 Å². The van der Waals surface area contributed by atoms with Crippen molar-refractivity contribution >= 4 is 11.0 Å². The molecule has 0 amide bonds. The van der Waals surface area contributed by atoms with Gasteiger partial charge in [-0.3, -0.25) is 24.6 Å². The number of hydrogen-bond acceptors (Lipinski definition) is 7. The number of phenolic OH excluding ortho intramolecular Hbond substituents is 1. The predicted octanol–water partition coefficient (Wildman–Crippen LogP) is 4.66. The fourth-order valence-corrected chi connectivity index (χ4v) is 4.58. The smallest absolute Gasteiger partial charge is 0.182 e. The van der Waals surface area contributed by atoms with Crippen molar-refractivity contribution in [2.75, 3.05) is 14.1 Å². The van der Waals surface area contributed by atoms with Crippen molar-refractivity contribution in [3.8, 4) is 17.1 Å². The van der Waals surface area contributed by atoms with Gasteiger partial charge in [-0.2, -0.15) is 0 Å². The average molecular weight is 481 g/mol. The van der Waals surface area contributed by atoms with Crippen LogP contribution in [-0.2, 0) is 26.2 Å². The second-order valence-corrected chi connectivity index (χ2v) is 9.24. The van der Waals surface area contributed by atoms with Crippen LogP contribution in [0.25, 0.3) is 22.3 Å². The first-order valence-electron chi connectivity index (χ1n) is 11.8. The number of rotatable bonds is 8. The van der Waals surface area contributed by atoms with Gasteiger partial charge in [-0.25, -0.2) is 0 Å². The number of hydrogen-bond donors (Lipinski definition) is 1. The molecule has 0 fully saturated rings. The molecule has 1 aliphatic heterocycles. The van der Waals surface area contributed by atoms with Gasteiger partial charge in [0.15, 0.2) is 5.43 Å². The fraction of sp³-hybridized carbons (Fsp3) is 0.207. The van der Waals surface area contributed by atoms with E-state index >= 15 is 0 Å². The Kier molecular flexibility index (Phi) is 6.75. The van der Waals surface area contributed by atoms with Crippen LogP contribution >= 0.6 is 0 Å². The minimum Gasteiger partial charge on any atom is -0.508 e. The highest BCUT2D eigenvalue weighted by molar-refractivity contribution is 5.87. The Morgan fingerprint density at radius 1 is 0.778 bits per heavy atom. The third kappa shape index (κ3) is 5.43. The van der Waals surface area contributed by atoms with Crippen LogP contribution in [-0.4, -0.2) is 39.0 Å². The molecule has 36 heavy (non-hydrogen) atoms. The van der Waals surface area contributed by atoms with E-state index in [2.05, 4.69) is 25.8 Å². The van der Waals surface area contributed by atoms with Crippen molar-refractivity contribution in [1.29, 1.82) is 0 Å². The average Bonchev–Trinajstić information content (AvgIpc) is 2.84. The van der Waals surface area contributed by atoms with E-state index in [1.54, 1.807) is 30.6 Å². The topological polar surface area (TPSA) is 82.7 Å². The molecular formula is C29H28N4O3. The number of phenols is 1. The summed E-state index contributed by atoms with van der Waals surface area (Å²) >= 11 is 0. The summed E-state index contributed by atoms with van der Waals surface area (Å²) in [5.41, 5.74) is 5.08. The van der Waals surface area contributed by atoms with E-state index in [1.807, 2.05) is 50.5 Å². The first-order valence-corrected chi connectivity index (χ1v) is 11.8. The van der Waals surface area contributed by atoms with Crippen molar-refractivity contribution in [2.24, 2.45) is 0 Å². The zero-order valence-electron chi connectivity index (χ0n) is 20.4. The van der Waals surface area contributed by atoms with E-state index in [0.29, 0.717) is 37.5 Å². The molecule has 2 aromatic heterocycles. The van der Waals surface area contributed by atoms with Gasteiger partial charge in [-0.15, -0.1) is 0 Å². The van der Waals surface area contributed by atoms with Crippen molar-refractivity contribution in [1.82, 2.24) is 19.8 Å². The summed E-state index contributed by atoms with van der Waals surface area (Å²) in [6.45, 7) is 2.49. The second-order valence-electron chi connectivity index (χ2n) is 9.24. The lowest BCUT2D eigenvalue weighted by molar-refractivity contribution is 0.315. The number of aromatic hydroxyl groups is 1. The molecule has 1 aliphatic carbocycles. The first kappa shape index (κ1) is 23.7. The van der Waals surface area contributed by atoms with Gasteiger partial charge in [0.1, 0.15) is 17.1 Å². The molecule has 1 aromatic carbocycles. The van der Waals surface area contributed by atoms with E-state index in [1.165, 1.54) is 6.07 Å². The number of nitrogens with zero attached hydrogens (tertiary/aromatic N) is 4. The molecule has 0 spiro atoms. The number of aromatic nitrogens is 2. The summed E-state index contributed by atoms with van der Waals surface area (Å²) in [5, 5.41) is 11.3. The van der Waals surface area contributed by atoms with Gasteiger partial charge in [0.05, 0.1) is 11.4 Å². The Hall–Kier alpha value is -4.07. The van der Waals surface area contributed by atoms with Crippen LogP contribution in [0.5, 0.6) is 5.75 Å². The number of fused-ring (bicyclic) bond motifs is 2. The monoisotopic (exact) mass is 480 g/mol. The number of benzene rings is 2. The van der Waals surface area contributed by atoms with Crippen LogP contribution < -0.4 is 5.43 Å². The molecule has 0 atom stereocenters. The summed E-state index contributed by atoms with van der Waals surface area (Å²) in [6, 6.07) is 20.3. The van der Waals surface area contributed by atoms with Gasteiger partial charge >= 0.3 is 0 Å². The molecule has 0 unspecified atom stereocenters. The highest BCUT2D eigenvalue weighted by Crippen LogP contribution is 2.34. The summed E-state index contributed by atoms with van der Waals surface area (Å²) < 4.78 is 6.17. The Balaban J connectivity index is 1.49. The van der Waals surface area contributed by atoms with E-state index in [4.69, 9.17) is 4.42 Å². The van der Waals surface area contributed by atoms with Gasteiger partial charge in [-0.1, -0.05) is 12.1 Å². The summed E-state index contributed by atoms with van der Waals surface area (Å²) in [5.74, 6) is 0.634. The van der Waals surface area contributed by atoms with Crippen molar-refractivity contribution in [2.45, 2.75) is 26.2 Å². The third-order valence-corrected chi connectivity index (χ3v) is 6.12. The molecule has 0 saturated carbocycles. The van der Waals surface area contributed by atoms with Crippen LogP contribution in [0.2, 0.25) is 0 Å². The minimum atomic E-state index is -0.109. The molecule has 182 valence electrons. The SMILES string of the molecule is CN(Cc1ccccn1)Cc1cc(=O)cc2oc3cc(O)cc(CN(C)Cc4ccccn4)c3cc1-2.